The normalized spacial score (nSPS) is 11.0. The summed E-state index contributed by atoms with van der Waals surface area (Å²) in [7, 11) is -0.365. The highest BCUT2D eigenvalue weighted by atomic mass is 32.2. The largest absolute Gasteiger partial charge is 0.481 e. The van der Waals surface area contributed by atoms with Gasteiger partial charge in [0.15, 0.2) is 0 Å². The maximum atomic E-state index is 11.6. The summed E-state index contributed by atoms with van der Waals surface area (Å²) in [6.07, 6.45) is -0.218. The van der Waals surface area contributed by atoms with Gasteiger partial charge in [-0.2, -0.15) is 0 Å². The Morgan fingerprint density at radius 2 is 1.76 bits per heavy atom. The van der Waals surface area contributed by atoms with Crippen molar-refractivity contribution in [2.45, 2.75) is 12.8 Å². The maximum absolute atomic E-state index is 11.6. The molecule has 1 aromatic carbocycles. The van der Waals surface area contributed by atoms with Crippen LogP contribution in [0.4, 0.5) is 5.69 Å². The molecule has 0 saturated heterocycles. The number of likely N-dealkylation sites (N-methyl/N-ethyl adjacent to an activating group) is 1. The van der Waals surface area contributed by atoms with Crippen LogP contribution in [0.1, 0.15) is 12.0 Å². The first-order chi connectivity index (χ1) is 9.69. The van der Waals surface area contributed by atoms with E-state index in [0.29, 0.717) is 5.69 Å². The van der Waals surface area contributed by atoms with E-state index in [9.17, 15) is 18.0 Å². The minimum Gasteiger partial charge on any atom is -0.481 e. The third-order valence-corrected chi connectivity index (χ3v) is 3.95. The highest BCUT2D eigenvalue weighted by Gasteiger charge is 2.13. The van der Waals surface area contributed by atoms with Gasteiger partial charge >= 0.3 is 5.97 Å². The van der Waals surface area contributed by atoms with E-state index >= 15 is 0 Å². The van der Waals surface area contributed by atoms with Gasteiger partial charge in [0.25, 0.3) is 0 Å². The highest BCUT2D eigenvalue weighted by molar-refractivity contribution is 7.92. The maximum Gasteiger partial charge on any atom is 0.304 e. The second kappa shape index (κ2) is 7.07. The number of hydrogen-bond donors (Lipinski definition) is 2. The standard InChI is InChI=1S/C13H18N2O5S/c1-15(2)12(16)9-10-3-5-11(6-4-10)14-21(19,20)8-7-13(17)18/h3-6,14H,7-9H2,1-2H3,(H,17,18). The number of amides is 1. The number of nitrogens with one attached hydrogen (secondary N) is 1. The van der Waals surface area contributed by atoms with Crippen LogP contribution < -0.4 is 4.72 Å². The number of hydrogen-bond acceptors (Lipinski definition) is 4. The Morgan fingerprint density at radius 1 is 1.19 bits per heavy atom. The number of rotatable bonds is 7. The van der Waals surface area contributed by atoms with E-state index in [1.54, 1.807) is 26.2 Å². The summed E-state index contributed by atoms with van der Waals surface area (Å²) in [5.74, 6) is -1.70. The first-order valence-electron chi connectivity index (χ1n) is 6.21. The second-order valence-corrected chi connectivity index (χ2v) is 6.57. The van der Waals surface area contributed by atoms with Crippen LogP contribution in [0.15, 0.2) is 24.3 Å². The predicted octanol–water partition coefficient (Wildman–Crippen LogP) is 0.534. The molecule has 0 aliphatic heterocycles. The van der Waals surface area contributed by atoms with Gasteiger partial charge in [0, 0.05) is 19.8 Å². The first-order valence-corrected chi connectivity index (χ1v) is 7.86. The number of aliphatic carboxylic acids is 1. The van der Waals surface area contributed by atoms with Crippen molar-refractivity contribution in [3.05, 3.63) is 29.8 Å². The van der Waals surface area contributed by atoms with Crippen LogP contribution in [0.2, 0.25) is 0 Å². The molecule has 21 heavy (non-hydrogen) atoms. The number of sulfonamides is 1. The van der Waals surface area contributed by atoms with Crippen molar-refractivity contribution in [1.29, 1.82) is 0 Å². The Labute approximate surface area is 123 Å². The lowest BCUT2D eigenvalue weighted by molar-refractivity contribution is -0.136. The van der Waals surface area contributed by atoms with Crippen molar-refractivity contribution in [2.24, 2.45) is 0 Å². The highest BCUT2D eigenvalue weighted by Crippen LogP contribution is 2.12. The molecule has 7 nitrogen and oxygen atoms in total. The molecule has 0 spiro atoms. The summed E-state index contributed by atoms with van der Waals surface area (Å²) in [6, 6.07) is 6.38. The van der Waals surface area contributed by atoms with Gasteiger partial charge < -0.3 is 10.0 Å². The van der Waals surface area contributed by atoms with Gasteiger partial charge in [0.05, 0.1) is 18.6 Å². The molecule has 0 unspecified atom stereocenters. The molecule has 116 valence electrons. The SMILES string of the molecule is CN(C)C(=O)Cc1ccc(NS(=O)(=O)CCC(=O)O)cc1. The minimum atomic E-state index is -3.69. The quantitative estimate of drug-likeness (QED) is 0.764. The molecule has 1 aromatic rings. The molecule has 0 heterocycles. The summed E-state index contributed by atoms with van der Waals surface area (Å²) in [5.41, 5.74) is 1.10. The van der Waals surface area contributed by atoms with E-state index in [0.717, 1.165) is 5.56 Å². The van der Waals surface area contributed by atoms with Crippen LogP contribution in [-0.4, -0.2) is 50.1 Å². The van der Waals surface area contributed by atoms with Gasteiger partial charge in [-0.05, 0) is 17.7 Å². The van der Waals surface area contributed by atoms with Crippen molar-refractivity contribution < 1.29 is 23.1 Å². The van der Waals surface area contributed by atoms with Crippen molar-refractivity contribution in [3.8, 4) is 0 Å². The fourth-order valence-electron chi connectivity index (χ4n) is 1.48. The number of nitrogens with zero attached hydrogens (tertiary/aromatic N) is 1. The molecule has 0 aliphatic carbocycles. The van der Waals surface area contributed by atoms with Gasteiger partial charge in [-0.25, -0.2) is 8.42 Å². The van der Waals surface area contributed by atoms with Crippen molar-refractivity contribution in [2.75, 3.05) is 24.6 Å². The Bertz CT molecular complexity index is 608. The number of carbonyl (C=O) groups excluding carboxylic acids is 1. The average Bonchev–Trinajstić information content (AvgIpc) is 2.38. The number of anilines is 1. The molecule has 1 rings (SSSR count). The zero-order valence-electron chi connectivity index (χ0n) is 11.9. The van der Waals surface area contributed by atoms with Crippen molar-refractivity contribution in [1.82, 2.24) is 4.90 Å². The average molecular weight is 314 g/mol. The molecule has 0 aliphatic rings. The van der Waals surface area contributed by atoms with Gasteiger partial charge in [-0.1, -0.05) is 12.1 Å². The third kappa shape index (κ3) is 6.26. The van der Waals surface area contributed by atoms with E-state index in [1.165, 1.54) is 17.0 Å². The summed E-state index contributed by atoms with van der Waals surface area (Å²) >= 11 is 0. The molecule has 1 amide bonds. The van der Waals surface area contributed by atoms with E-state index in [4.69, 9.17) is 5.11 Å². The van der Waals surface area contributed by atoms with E-state index in [2.05, 4.69) is 4.72 Å². The predicted molar refractivity (Wildman–Crippen MR) is 78.5 cm³/mol. The molecular weight excluding hydrogens is 296 g/mol. The number of benzene rings is 1. The van der Waals surface area contributed by atoms with Crippen LogP contribution in [0.5, 0.6) is 0 Å². The van der Waals surface area contributed by atoms with Crippen LogP contribution in [0, 0.1) is 0 Å². The van der Waals surface area contributed by atoms with Crippen molar-refractivity contribution in [3.63, 3.8) is 0 Å². The van der Waals surface area contributed by atoms with Crippen LogP contribution in [0.25, 0.3) is 0 Å². The summed E-state index contributed by atoms with van der Waals surface area (Å²) < 4.78 is 25.5. The van der Waals surface area contributed by atoms with Crippen LogP contribution in [-0.2, 0) is 26.0 Å². The molecule has 8 heteroatoms. The molecule has 0 bridgehead atoms. The van der Waals surface area contributed by atoms with Gasteiger partial charge in [0.2, 0.25) is 15.9 Å². The Balaban J connectivity index is 2.66. The topological polar surface area (TPSA) is 104 Å². The van der Waals surface area contributed by atoms with Crippen molar-refractivity contribution >= 4 is 27.6 Å². The summed E-state index contributed by atoms with van der Waals surface area (Å²) in [4.78, 5) is 23.4. The molecular formula is C13H18N2O5S. The minimum absolute atomic E-state index is 0.0511. The van der Waals surface area contributed by atoms with Gasteiger partial charge in [-0.3, -0.25) is 14.3 Å². The van der Waals surface area contributed by atoms with E-state index in [-0.39, 0.29) is 12.3 Å². The van der Waals surface area contributed by atoms with Crippen LogP contribution in [0.3, 0.4) is 0 Å². The Morgan fingerprint density at radius 3 is 2.24 bits per heavy atom. The van der Waals surface area contributed by atoms with E-state index in [1.807, 2.05) is 0 Å². The molecule has 0 aromatic heterocycles. The molecule has 0 fully saturated rings. The van der Waals surface area contributed by atoms with Gasteiger partial charge in [-0.15, -0.1) is 0 Å². The summed E-state index contributed by atoms with van der Waals surface area (Å²) in [6.45, 7) is 0. The molecule has 0 radical (unpaired) electrons. The summed E-state index contributed by atoms with van der Waals surface area (Å²) in [5, 5.41) is 8.48. The van der Waals surface area contributed by atoms with E-state index < -0.39 is 28.2 Å². The second-order valence-electron chi connectivity index (χ2n) is 4.73. The number of carboxylic acids is 1. The lowest BCUT2D eigenvalue weighted by atomic mass is 10.1. The number of carbonyl (C=O) groups is 2. The third-order valence-electron chi connectivity index (χ3n) is 2.67. The Hall–Kier alpha value is -2.09. The number of carboxylic acid groups (broad SMARTS) is 1. The fraction of sp³-hybridized carbons (Fsp3) is 0.385. The molecule has 0 saturated carbocycles. The zero-order valence-corrected chi connectivity index (χ0v) is 12.7. The van der Waals surface area contributed by atoms with Gasteiger partial charge in [0.1, 0.15) is 0 Å². The smallest absolute Gasteiger partial charge is 0.304 e. The fourth-order valence-corrected chi connectivity index (χ4v) is 2.52. The van der Waals surface area contributed by atoms with Crippen LogP contribution >= 0.6 is 0 Å². The lowest BCUT2D eigenvalue weighted by Gasteiger charge is -2.11. The lowest BCUT2D eigenvalue weighted by Crippen LogP contribution is -2.23. The first kappa shape index (κ1) is 17.0. The molecule has 0 atom stereocenters. The zero-order chi connectivity index (χ0) is 16.0. The Kier molecular flexibility index (Phi) is 5.71. The molecule has 2 N–H and O–H groups in total. The monoisotopic (exact) mass is 314 g/mol.